The molecule has 15 nitrogen and oxygen atoms in total. The Bertz CT molecular complexity index is 3090. The summed E-state index contributed by atoms with van der Waals surface area (Å²) in [4.78, 5) is 43.7. The minimum absolute atomic E-state index is 0. The topological polar surface area (TPSA) is 183 Å². The number of carboxylic acid groups (broad SMARTS) is 1. The third kappa shape index (κ3) is 13.1. The quantitative estimate of drug-likeness (QED) is 0.0792. The number of halogens is 4. The number of carbonyl (C=O) groups is 2. The predicted octanol–water partition coefficient (Wildman–Crippen LogP) is 6.59. The van der Waals surface area contributed by atoms with Gasteiger partial charge in [-0.1, -0.05) is 59.6 Å². The Kier molecular flexibility index (Phi) is 18.8. The van der Waals surface area contributed by atoms with Crippen LogP contribution in [0.15, 0.2) is 121 Å². The molecule has 378 valence electrons. The van der Waals surface area contributed by atoms with Gasteiger partial charge in [-0.15, -0.1) is 0 Å². The Labute approximate surface area is 457 Å². The fourth-order valence-electron chi connectivity index (χ4n) is 7.97. The summed E-state index contributed by atoms with van der Waals surface area (Å²) in [6.45, 7) is 1.09. The third-order valence-corrected chi connectivity index (χ3v) is 12.6. The smallest absolute Gasteiger partial charge is 0.546 e. The first-order valence-electron chi connectivity index (χ1n) is 22.8. The van der Waals surface area contributed by atoms with E-state index in [2.05, 4.69) is 19.9 Å². The molecule has 2 aliphatic rings. The van der Waals surface area contributed by atoms with Gasteiger partial charge in [0.25, 0.3) is 0 Å². The molecule has 4 heterocycles. The van der Waals surface area contributed by atoms with Gasteiger partial charge in [0.1, 0.15) is 35.5 Å². The second kappa shape index (κ2) is 25.2. The minimum atomic E-state index is -1.59. The second-order valence-electron chi connectivity index (χ2n) is 16.6. The zero-order chi connectivity index (χ0) is 51.5. The number of ether oxygens (including phenoxy) is 8. The second-order valence-corrected chi connectivity index (χ2v) is 17.4. The molecule has 0 radical (unpaired) electrons. The molecule has 0 bridgehead atoms. The summed E-state index contributed by atoms with van der Waals surface area (Å²) in [6.07, 6.45) is 0.725. The number of esters is 1. The van der Waals surface area contributed by atoms with Crippen molar-refractivity contribution >= 4 is 35.1 Å². The molecule has 5 aromatic carbocycles. The fourth-order valence-corrected chi connectivity index (χ4v) is 8.21. The van der Waals surface area contributed by atoms with E-state index in [9.17, 15) is 23.5 Å². The van der Waals surface area contributed by atoms with E-state index in [1.807, 2.05) is 42.5 Å². The molecule has 2 aliphatic heterocycles. The molecule has 2 aromatic heterocycles. The van der Waals surface area contributed by atoms with Gasteiger partial charge in [0, 0.05) is 60.1 Å². The van der Waals surface area contributed by atoms with Crippen LogP contribution in [0.2, 0.25) is 10.0 Å². The van der Waals surface area contributed by atoms with Gasteiger partial charge in [-0.25, -0.2) is 23.5 Å². The molecule has 0 spiro atoms. The van der Waals surface area contributed by atoms with E-state index in [0.29, 0.717) is 64.1 Å². The van der Waals surface area contributed by atoms with Crippen molar-refractivity contribution < 1.29 is 90.9 Å². The average molecular weight is 1060 g/mol. The molecule has 20 heteroatoms. The molecule has 0 saturated carbocycles. The Hall–Kier alpha value is -6.44. The van der Waals surface area contributed by atoms with Crippen LogP contribution in [0.3, 0.4) is 0 Å². The van der Waals surface area contributed by atoms with E-state index in [-0.39, 0.29) is 109 Å². The molecule has 9 rings (SSSR count). The molecule has 74 heavy (non-hydrogen) atoms. The van der Waals surface area contributed by atoms with Crippen LogP contribution in [0.25, 0.3) is 45.3 Å². The standard InChI is InChI=1S/C31H28ClFN2O6.C23H20ClFN2O5.Na/c1-37-22-10-7-20(8-11-22)19-40-30(36)31(13-15-39-16-14-31)41-28-18-26(23-5-3-4-6-27(23)38-2)34-29(35-28)21-9-12-24(32)25(33)17-21;1-30-19-5-3-2-4-15(19)18-13-20(32-23(22(28)29)8-10-31-11-9-23)27-21(26-18)14-6-7-16(24)17(25)12-14;/h3-12,17-18H,13-16,19H2,1-2H3;2-7,12-13H,8-11H2,1H3,(H,28,29);/q;;+1/p-1. The van der Waals surface area contributed by atoms with Crippen molar-refractivity contribution in [1.82, 2.24) is 19.9 Å². The Morgan fingerprint density at radius 3 is 1.47 bits per heavy atom. The van der Waals surface area contributed by atoms with Crippen LogP contribution in [-0.2, 0) is 30.4 Å². The summed E-state index contributed by atoms with van der Waals surface area (Å²) in [5, 5.41) is 11.9. The SMILES string of the molecule is COc1ccc(COC(=O)C2(Oc3cc(-c4ccccc4OC)nc(-c4ccc(Cl)c(F)c4)n3)CCOCC2)cc1.COc1ccccc1-c1cc(OC2(C(=O)[O-])CCOCC2)nc(-c2ccc(Cl)c(F)c2)n1.[Na+]. The monoisotopic (exact) mass is 1060 g/mol. The van der Waals surface area contributed by atoms with Crippen molar-refractivity contribution in [3.05, 3.63) is 149 Å². The van der Waals surface area contributed by atoms with Crippen LogP contribution < -0.4 is 58.3 Å². The van der Waals surface area contributed by atoms with E-state index < -0.39 is 34.8 Å². The van der Waals surface area contributed by atoms with E-state index in [1.54, 1.807) is 62.8 Å². The molecule has 0 unspecified atom stereocenters. The zero-order valence-electron chi connectivity index (χ0n) is 40.7. The van der Waals surface area contributed by atoms with E-state index >= 15 is 0 Å². The maximum atomic E-state index is 14.4. The maximum absolute atomic E-state index is 14.4. The largest absolute Gasteiger partial charge is 1.00 e. The van der Waals surface area contributed by atoms with Gasteiger partial charge < -0.3 is 47.8 Å². The molecule has 0 amide bonds. The van der Waals surface area contributed by atoms with E-state index in [1.165, 1.54) is 37.4 Å². The number of nitrogens with zero attached hydrogens (tertiary/aromatic N) is 4. The average Bonchev–Trinajstić information content (AvgIpc) is 3.42. The van der Waals surface area contributed by atoms with Gasteiger partial charge in [-0.05, 0) is 78.4 Å². The Morgan fingerprint density at radius 1 is 0.595 bits per heavy atom. The summed E-state index contributed by atoms with van der Waals surface area (Å²) in [5.41, 5.74) is 0.777. The summed E-state index contributed by atoms with van der Waals surface area (Å²) in [6, 6.07) is 33.4. The van der Waals surface area contributed by atoms with Crippen molar-refractivity contribution in [2.75, 3.05) is 47.8 Å². The van der Waals surface area contributed by atoms with Crippen LogP contribution in [-0.4, -0.2) is 90.8 Å². The number of carboxylic acids is 1. The third-order valence-electron chi connectivity index (χ3n) is 12.0. The van der Waals surface area contributed by atoms with Crippen LogP contribution in [0.1, 0.15) is 31.2 Å². The van der Waals surface area contributed by atoms with Crippen molar-refractivity contribution in [2.24, 2.45) is 0 Å². The molecule has 0 atom stereocenters. The molecule has 2 saturated heterocycles. The minimum Gasteiger partial charge on any atom is -0.546 e. The first kappa shape index (κ1) is 55.3. The Balaban J connectivity index is 0.000000220. The summed E-state index contributed by atoms with van der Waals surface area (Å²) in [7, 11) is 4.67. The van der Waals surface area contributed by atoms with Gasteiger partial charge in [0.15, 0.2) is 17.2 Å². The normalized spacial score (nSPS) is 14.5. The molecule has 0 aliphatic carbocycles. The molecule has 0 N–H and O–H groups in total. The van der Waals surface area contributed by atoms with Crippen LogP contribution in [0.4, 0.5) is 8.78 Å². The van der Waals surface area contributed by atoms with Crippen molar-refractivity contribution in [1.29, 1.82) is 0 Å². The van der Waals surface area contributed by atoms with E-state index in [0.717, 1.165) is 5.56 Å². The number of benzene rings is 5. The molecular weight excluding hydrogens is 1010 g/mol. The fraction of sp³-hybridized carbons (Fsp3) is 0.259. The number of rotatable bonds is 15. The molecule has 2 fully saturated rings. The number of carbonyl (C=O) groups excluding carboxylic acids is 2. The number of methoxy groups -OCH3 is 3. The van der Waals surface area contributed by atoms with Crippen molar-refractivity contribution in [3.8, 4) is 74.3 Å². The van der Waals surface area contributed by atoms with Gasteiger partial charge in [-0.3, -0.25) is 0 Å². The number of para-hydroxylation sites is 2. The van der Waals surface area contributed by atoms with Crippen LogP contribution in [0, 0.1) is 11.6 Å². The zero-order valence-corrected chi connectivity index (χ0v) is 44.2. The van der Waals surface area contributed by atoms with Crippen molar-refractivity contribution in [2.45, 2.75) is 43.5 Å². The van der Waals surface area contributed by atoms with Gasteiger partial charge >= 0.3 is 35.5 Å². The predicted molar refractivity (Wildman–Crippen MR) is 263 cm³/mol. The molecular formula is C54H47Cl2F2N4NaO11. The Morgan fingerprint density at radius 2 is 1.04 bits per heavy atom. The maximum Gasteiger partial charge on any atom is 1.00 e. The summed E-state index contributed by atoms with van der Waals surface area (Å²) < 4.78 is 73.5. The van der Waals surface area contributed by atoms with Crippen LogP contribution >= 0.6 is 23.2 Å². The van der Waals surface area contributed by atoms with E-state index in [4.69, 9.17) is 61.1 Å². The van der Waals surface area contributed by atoms with Gasteiger partial charge in [0.05, 0.1) is 75.2 Å². The first-order chi connectivity index (χ1) is 35.3. The first-order valence-corrected chi connectivity index (χ1v) is 23.6. The number of aromatic nitrogens is 4. The van der Waals surface area contributed by atoms with Crippen LogP contribution in [0.5, 0.6) is 29.0 Å². The van der Waals surface area contributed by atoms with Gasteiger partial charge in [-0.2, -0.15) is 9.97 Å². The molecule has 7 aromatic rings. The summed E-state index contributed by atoms with van der Waals surface area (Å²) >= 11 is 11.7. The summed E-state index contributed by atoms with van der Waals surface area (Å²) in [5.74, 6) is -0.842. The number of hydrogen-bond donors (Lipinski definition) is 0. The van der Waals surface area contributed by atoms with Gasteiger partial charge in [0.2, 0.25) is 17.4 Å². The number of hydrogen-bond acceptors (Lipinski definition) is 15. The number of aliphatic carboxylic acids is 1. The van der Waals surface area contributed by atoms with Crippen molar-refractivity contribution in [3.63, 3.8) is 0 Å².